The number of anilines is 3. The maximum absolute atomic E-state index is 12.3. The fourth-order valence-corrected chi connectivity index (χ4v) is 4.96. The van der Waals surface area contributed by atoms with Gasteiger partial charge in [0.15, 0.2) is 0 Å². The molecule has 2 N–H and O–H groups in total. The highest BCUT2D eigenvalue weighted by atomic mass is 32.2. The zero-order valence-corrected chi connectivity index (χ0v) is 20.1. The van der Waals surface area contributed by atoms with Crippen molar-refractivity contribution in [2.75, 3.05) is 24.0 Å². The van der Waals surface area contributed by atoms with E-state index >= 15 is 0 Å². The van der Waals surface area contributed by atoms with Crippen molar-refractivity contribution in [3.63, 3.8) is 0 Å². The van der Waals surface area contributed by atoms with Crippen molar-refractivity contribution in [2.24, 2.45) is 0 Å². The standard InChI is InChI=1S/C28H22N4O2S/c1-34-25-14-19(35-2)5-8-23(25)31-26-15-20-18(16-30-26)9-12-29-22(20)7-4-17-3-6-21-24(13-17)32-27(33)28(21)10-11-28/h3,5-6,8-9,12-16H,10-11H2,1-2H3,(H,30,31)(H,32,33). The number of pyridine rings is 2. The molecule has 0 saturated heterocycles. The maximum atomic E-state index is 12.3. The molecule has 2 aromatic carbocycles. The molecule has 4 aromatic rings. The molecule has 35 heavy (non-hydrogen) atoms. The Morgan fingerprint density at radius 3 is 2.77 bits per heavy atom. The van der Waals surface area contributed by atoms with Crippen LogP contribution in [0.5, 0.6) is 5.75 Å². The molecule has 1 fully saturated rings. The number of fused-ring (bicyclic) bond motifs is 3. The number of hydrogen-bond donors (Lipinski definition) is 2. The number of carbonyl (C=O) groups is 1. The molecule has 0 unspecified atom stereocenters. The summed E-state index contributed by atoms with van der Waals surface area (Å²) >= 11 is 1.66. The Bertz CT molecular complexity index is 1570. The molecule has 6 nitrogen and oxygen atoms in total. The molecule has 0 radical (unpaired) electrons. The molecule has 6 rings (SSSR count). The van der Waals surface area contributed by atoms with Crippen molar-refractivity contribution >= 4 is 45.6 Å². The van der Waals surface area contributed by atoms with Crippen molar-refractivity contribution in [3.8, 4) is 17.6 Å². The van der Waals surface area contributed by atoms with Crippen LogP contribution >= 0.6 is 11.8 Å². The van der Waals surface area contributed by atoms with Gasteiger partial charge >= 0.3 is 0 Å². The molecule has 0 bridgehead atoms. The summed E-state index contributed by atoms with van der Waals surface area (Å²) in [6.45, 7) is 0. The van der Waals surface area contributed by atoms with Gasteiger partial charge in [-0.1, -0.05) is 12.0 Å². The summed E-state index contributed by atoms with van der Waals surface area (Å²) in [5.74, 6) is 7.98. The summed E-state index contributed by atoms with van der Waals surface area (Å²) in [7, 11) is 1.66. The highest BCUT2D eigenvalue weighted by Gasteiger charge is 2.56. The van der Waals surface area contributed by atoms with E-state index in [2.05, 4.69) is 32.4 Å². The smallest absolute Gasteiger partial charge is 0.235 e. The summed E-state index contributed by atoms with van der Waals surface area (Å²) in [6.07, 6.45) is 7.44. The minimum Gasteiger partial charge on any atom is -0.495 e. The summed E-state index contributed by atoms with van der Waals surface area (Å²) in [4.78, 5) is 22.5. The van der Waals surface area contributed by atoms with Crippen molar-refractivity contribution < 1.29 is 9.53 Å². The van der Waals surface area contributed by atoms with E-state index < -0.39 is 0 Å². The van der Waals surface area contributed by atoms with Gasteiger partial charge in [-0.15, -0.1) is 11.8 Å². The molecule has 3 heterocycles. The Kier molecular flexibility index (Phi) is 5.12. The number of aromatic nitrogens is 2. The summed E-state index contributed by atoms with van der Waals surface area (Å²) in [5, 5.41) is 8.23. The molecule has 1 aliphatic heterocycles. The first-order valence-electron chi connectivity index (χ1n) is 11.3. The van der Waals surface area contributed by atoms with Gasteiger partial charge in [0.25, 0.3) is 0 Å². The third-order valence-corrected chi connectivity index (χ3v) is 7.34. The average molecular weight is 479 g/mol. The Balaban J connectivity index is 1.32. The van der Waals surface area contributed by atoms with Gasteiger partial charge in [-0.25, -0.2) is 9.97 Å². The minimum absolute atomic E-state index is 0.112. The molecule has 1 saturated carbocycles. The van der Waals surface area contributed by atoms with Gasteiger partial charge in [0.05, 0.1) is 18.2 Å². The zero-order valence-electron chi connectivity index (χ0n) is 19.3. The molecule has 1 spiro atoms. The van der Waals surface area contributed by atoms with Crippen LogP contribution in [-0.4, -0.2) is 29.2 Å². The van der Waals surface area contributed by atoms with E-state index in [9.17, 15) is 4.79 Å². The van der Waals surface area contributed by atoms with E-state index in [0.717, 1.165) is 56.8 Å². The van der Waals surface area contributed by atoms with Crippen LogP contribution in [0, 0.1) is 11.8 Å². The topological polar surface area (TPSA) is 76.1 Å². The predicted molar refractivity (Wildman–Crippen MR) is 140 cm³/mol. The predicted octanol–water partition coefficient (Wildman–Crippen LogP) is 5.49. The zero-order chi connectivity index (χ0) is 24.0. The third kappa shape index (κ3) is 3.76. The van der Waals surface area contributed by atoms with Crippen LogP contribution in [0.25, 0.3) is 10.8 Å². The number of amides is 1. The van der Waals surface area contributed by atoms with Crippen LogP contribution in [0.3, 0.4) is 0 Å². The number of nitrogens with zero attached hydrogens (tertiary/aromatic N) is 2. The highest BCUT2D eigenvalue weighted by Crippen LogP contribution is 2.55. The first-order chi connectivity index (χ1) is 17.1. The van der Waals surface area contributed by atoms with Gasteiger partial charge in [-0.3, -0.25) is 4.79 Å². The van der Waals surface area contributed by atoms with E-state index in [-0.39, 0.29) is 11.3 Å². The molecule has 172 valence electrons. The fourth-order valence-electron chi connectivity index (χ4n) is 4.53. The number of benzene rings is 2. The maximum Gasteiger partial charge on any atom is 0.235 e. The van der Waals surface area contributed by atoms with Crippen LogP contribution in [0.2, 0.25) is 0 Å². The Morgan fingerprint density at radius 2 is 1.97 bits per heavy atom. The second-order valence-corrected chi connectivity index (χ2v) is 9.57. The number of methoxy groups -OCH3 is 1. The second kappa shape index (κ2) is 8.33. The lowest BCUT2D eigenvalue weighted by molar-refractivity contribution is -0.117. The SMILES string of the molecule is COc1cc(SC)ccc1Nc1cc2c(C#Cc3ccc4c(c3)NC(=O)C43CC3)nccc2cn1. The lowest BCUT2D eigenvalue weighted by Crippen LogP contribution is -2.18. The number of ether oxygens (including phenoxy) is 1. The highest BCUT2D eigenvalue weighted by molar-refractivity contribution is 7.98. The van der Waals surface area contributed by atoms with Crippen LogP contribution < -0.4 is 15.4 Å². The van der Waals surface area contributed by atoms with E-state index in [1.165, 1.54) is 0 Å². The summed E-state index contributed by atoms with van der Waals surface area (Å²) in [5.41, 5.74) is 4.03. The largest absolute Gasteiger partial charge is 0.495 e. The van der Waals surface area contributed by atoms with E-state index in [1.807, 2.05) is 61.0 Å². The van der Waals surface area contributed by atoms with Crippen LogP contribution in [0.4, 0.5) is 17.2 Å². The van der Waals surface area contributed by atoms with Crippen LogP contribution in [0.15, 0.2) is 65.8 Å². The van der Waals surface area contributed by atoms with Gasteiger partial charge in [0.1, 0.15) is 17.3 Å². The van der Waals surface area contributed by atoms with Gasteiger partial charge in [-0.05, 0) is 73.0 Å². The molecule has 2 aliphatic rings. The average Bonchev–Trinajstić information content (AvgIpc) is 3.64. The first kappa shape index (κ1) is 21.5. The number of thioether (sulfide) groups is 1. The molecular formula is C28H22N4O2S. The molecule has 7 heteroatoms. The van der Waals surface area contributed by atoms with Crippen molar-refractivity contribution in [1.82, 2.24) is 9.97 Å². The van der Waals surface area contributed by atoms with Crippen LogP contribution in [-0.2, 0) is 10.2 Å². The monoisotopic (exact) mass is 478 g/mol. The van der Waals surface area contributed by atoms with Crippen molar-refractivity contribution in [1.29, 1.82) is 0 Å². The molecule has 1 aliphatic carbocycles. The Morgan fingerprint density at radius 1 is 1.09 bits per heavy atom. The number of rotatable bonds is 4. The Hall–Kier alpha value is -4.02. The van der Waals surface area contributed by atoms with Gasteiger partial charge in [0.2, 0.25) is 5.91 Å². The van der Waals surface area contributed by atoms with Crippen molar-refractivity contribution in [3.05, 3.63) is 77.7 Å². The van der Waals surface area contributed by atoms with Crippen LogP contribution in [0.1, 0.15) is 29.7 Å². The fraction of sp³-hybridized carbons (Fsp3) is 0.179. The second-order valence-electron chi connectivity index (χ2n) is 8.69. The molecule has 0 atom stereocenters. The quantitative estimate of drug-likeness (QED) is 0.299. The molecular weight excluding hydrogens is 456 g/mol. The normalized spacial score (nSPS) is 14.7. The lowest BCUT2D eigenvalue weighted by Gasteiger charge is -2.12. The van der Waals surface area contributed by atoms with Gasteiger partial charge in [-0.2, -0.15) is 0 Å². The van der Waals surface area contributed by atoms with E-state index in [0.29, 0.717) is 11.5 Å². The van der Waals surface area contributed by atoms with Crippen molar-refractivity contribution in [2.45, 2.75) is 23.2 Å². The third-order valence-electron chi connectivity index (χ3n) is 6.61. The van der Waals surface area contributed by atoms with E-state index in [4.69, 9.17) is 4.74 Å². The van der Waals surface area contributed by atoms with Gasteiger partial charge < -0.3 is 15.4 Å². The summed E-state index contributed by atoms with van der Waals surface area (Å²) in [6, 6.07) is 15.9. The van der Waals surface area contributed by atoms with E-state index in [1.54, 1.807) is 25.1 Å². The first-order valence-corrected chi connectivity index (χ1v) is 12.5. The Labute approximate surface area is 207 Å². The minimum atomic E-state index is -0.284. The number of nitrogens with one attached hydrogen (secondary N) is 2. The molecule has 2 aromatic heterocycles. The van der Waals surface area contributed by atoms with Gasteiger partial charge in [0, 0.05) is 39.3 Å². The number of carbonyl (C=O) groups excluding carboxylic acids is 1. The number of hydrogen-bond acceptors (Lipinski definition) is 6. The summed E-state index contributed by atoms with van der Waals surface area (Å²) < 4.78 is 5.55. The molecule has 1 amide bonds. The lowest BCUT2D eigenvalue weighted by atomic mass is 9.97.